The summed E-state index contributed by atoms with van der Waals surface area (Å²) >= 11 is 0. The van der Waals surface area contributed by atoms with E-state index in [1.165, 1.54) is 31.2 Å². The van der Waals surface area contributed by atoms with Gasteiger partial charge in [0.05, 0.1) is 0 Å². The van der Waals surface area contributed by atoms with Crippen molar-refractivity contribution in [1.82, 2.24) is 0 Å². The number of carbonyl (C=O) groups is 1. The zero-order valence-electron chi connectivity index (χ0n) is 7.93. The van der Waals surface area contributed by atoms with Crippen LogP contribution in [-0.4, -0.2) is 14.4 Å². The van der Waals surface area contributed by atoms with Crippen LogP contribution in [0.5, 0.6) is 5.75 Å². The second-order valence-electron chi connectivity index (χ2n) is 2.77. The summed E-state index contributed by atoms with van der Waals surface area (Å²) in [4.78, 5) is 10.6. The topological polar surface area (TPSA) is 98.5 Å². The van der Waals surface area contributed by atoms with Crippen molar-refractivity contribution in [2.45, 2.75) is 6.92 Å². The predicted octanol–water partition coefficient (Wildman–Crippen LogP) is 0.227. The minimum atomic E-state index is -3.77. The molecule has 1 aromatic rings. The predicted molar refractivity (Wildman–Crippen MR) is 54.5 cm³/mol. The Morgan fingerprint density at radius 1 is 1.33 bits per heavy atom. The number of rotatable bonds is 3. The fourth-order valence-electron chi connectivity index (χ4n) is 0.921. The number of nitrogens with one attached hydrogen (secondary N) is 1. The van der Waals surface area contributed by atoms with Crippen LogP contribution < -0.4 is 14.6 Å². The molecule has 1 rings (SSSR count). The van der Waals surface area contributed by atoms with E-state index in [4.69, 9.17) is 9.88 Å². The monoisotopic (exact) mass is 230 g/mol. The highest BCUT2D eigenvalue weighted by Gasteiger charge is 2.02. The lowest BCUT2D eigenvalue weighted by molar-refractivity contribution is -0.131. The number of carbonyl (C=O) groups excluding carboxylic acids is 1. The van der Waals surface area contributed by atoms with Crippen molar-refractivity contribution in [3.05, 3.63) is 24.3 Å². The summed E-state index contributed by atoms with van der Waals surface area (Å²) in [7, 11) is -3.77. The largest absolute Gasteiger partial charge is 0.427 e. The molecule has 0 spiro atoms. The van der Waals surface area contributed by atoms with E-state index in [-0.39, 0.29) is 0 Å². The Labute approximate surface area is 87.2 Å². The molecular weight excluding hydrogens is 220 g/mol. The van der Waals surface area contributed by atoms with Gasteiger partial charge in [-0.05, 0) is 24.3 Å². The van der Waals surface area contributed by atoms with E-state index < -0.39 is 16.2 Å². The number of nitrogens with two attached hydrogens (primary N) is 1. The molecule has 3 N–H and O–H groups in total. The van der Waals surface area contributed by atoms with Crippen molar-refractivity contribution in [3.8, 4) is 5.75 Å². The SMILES string of the molecule is CC(=O)Oc1ccc(NS(N)(=O)=O)cc1. The number of ether oxygens (including phenoxy) is 1. The summed E-state index contributed by atoms with van der Waals surface area (Å²) in [5.41, 5.74) is 0.299. The molecule has 7 heteroatoms. The van der Waals surface area contributed by atoms with Gasteiger partial charge in [0.15, 0.2) is 0 Å². The molecule has 0 fully saturated rings. The third kappa shape index (κ3) is 4.43. The summed E-state index contributed by atoms with van der Waals surface area (Å²) in [6.07, 6.45) is 0. The van der Waals surface area contributed by atoms with Gasteiger partial charge in [-0.3, -0.25) is 9.52 Å². The van der Waals surface area contributed by atoms with Crippen molar-refractivity contribution in [3.63, 3.8) is 0 Å². The van der Waals surface area contributed by atoms with Gasteiger partial charge in [-0.25, -0.2) is 5.14 Å². The number of esters is 1. The van der Waals surface area contributed by atoms with E-state index in [9.17, 15) is 13.2 Å². The van der Waals surface area contributed by atoms with Gasteiger partial charge in [0.2, 0.25) is 0 Å². The molecule has 0 saturated carbocycles. The van der Waals surface area contributed by atoms with Crippen molar-refractivity contribution >= 4 is 21.9 Å². The van der Waals surface area contributed by atoms with Crippen LogP contribution in [0, 0.1) is 0 Å². The third-order valence-corrected chi connectivity index (χ3v) is 1.90. The Morgan fingerprint density at radius 3 is 2.27 bits per heavy atom. The maximum atomic E-state index is 10.6. The summed E-state index contributed by atoms with van der Waals surface area (Å²) in [6.45, 7) is 1.27. The molecular formula is C8H10N2O4S. The molecule has 0 atom stereocenters. The van der Waals surface area contributed by atoms with Gasteiger partial charge < -0.3 is 4.74 Å². The normalized spacial score (nSPS) is 10.8. The van der Waals surface area contributed by atoms with Gasteiger partial charge in [-0.1, -0.05) is 0 Å². The molecule has 0 unspecified atom stereocenters. The maximum Gasteiger partial charge on any atom is 0.308 e. The Kier molecular flexibility index (Phi) is 3.28. The quantitative estimate of drug-likeness (QED) is 0.573. The first-order chi connectivity index (χ1) is 6.87. The summed E-state index contributed by atoms with van der Waals surface area (Å²) in [5.74, 6) is -0.107. The summed E-state index contributed by atoms with van der Waals surface area (Å²) in [6, 6.07) is 5.77. The molecule has 0 heterocycles. The molecule has 6 nitrogen and oxygen atoms in total. The molecule has 1 aromatic carbocycles. The Balaban J connectivity index is 2.77. The number of benzene rings is 1. The van der Waals surface area contributed by atoms with Gasteiger partial charge in [0.1, 0.15) is 5.75 Å². The molecule has 0 amide bonds. The Morgan fingerprint density at radius 2 is 1.87 bits per heavy atom. The van der Waals surface area contributed by atoms with E-state index in [0.29, 0.717) is 11.4 Å². The van der Waals surface area contributed by atoms with Gasteiger partial charge in [0, 0.05) is 12.6 Å². The van der Waals surface area contributed by atoms with Crippen LogP contribution in [0.3, 0.4) is 0 Å². The molecule has 0 aliphatic rings. The van der Waals surface area contributed by atoms with E-state index >= 15 is 0 Å². The number of hydrogen-bond acceptors (Lipinski definition) is 4. The minimum Gasteiger partial charge on any atom is -0.427 e. The highest BCUT2D eigenvalue weighted by molar-refractivity contribution is 7.90. The smallest absolute Gasteiger partial charge is 0.308 e. The average Bonchev–Trinajstić information content (AvgIpc) is 2.05. The van der Waals surface area contributed by atoms with Crippen molar-refractivity contribution in [2.24, 2.45) is 5.14 Å². The lowest BCUT2D eigenvalue weighted by Crippen LogP contribution is -2.21. The van der Waals surface area contributed by atoms with Gasteiger partial charge in [-0.2, -0.15) is 8.42 Å². The van der Waals surface area contributed by atoms with Crippen LogP contribution in [0.1, 0.15) is 6.92 Å². The first kappa shape index (κ1) is 11.5. The number of hydrogen-bond donors (Lipinski definition) is 2. The van der Waals surface area contributed by atoms with Crippen LogP contribution in [0.15, 0.2) is 24.3 Å². The standard InChI is InChI=1S/C8H10N2O4S/c1-6(11)14-8-4-2-7(3-5-8)10-15(9,12)13/h2-5,10H,1H3,(H2,9,12,13). The van der Waals surface area contributed by atoms with E-state index in [2.05, 4.69) is 4.72 Å². The maximum absolute atomic E-state index is 10.6. The first-order valence-corrected chi connectivity index (χ1v) is 5.50. The van der Waals surface area contributed by atoms with Crippen molar-refractivity contribution < 1.29 is 17.9 Å². The van der Waals surface area contributed by atoms with Crippen LogP contribution in [0.25, 0.3) is 0 Å². The molecule has 15 heavy (non-hydrogen) atoms. The van der Waals surface area contributed by atoms with Crippen molar-refractivity contribution in [1.29, 1.82) is 0 Å². The van der Waals surface area contributed by atoms with Gasteiger partial charge in [0.25, 0.3) is 10.2 Å². The average molecular weight is 230 g/mol. The lowest BCUT2D eigenvalue weighted by atomic mass is 10.3. The van der Waals surface area contributed by atoms with Crippen LogP contribution in [-0.2, 0) is 15.0 Å². The molecule has 0 radical (unpaired) electrons. The van der Waals surface area contributed by atoms with Crippen molar-refractivity contribution in [2.75, 3.05) is 4.72 Å². The van der Waals surface area contributed by atoms with Crippen LogP contribution in [0.4, 0.5) is 5.69 Å². The van der Waals surface area contributed by atoms with Crippen LogP contribution >= 0.6 is 0 Å². The van der Waals surface area contributed by atoms with E-state index in [1.807, 2.05) is 0 Å². The molecule has 82 valence electrons. The molecule has 0 aliphatic heterocycles. The fourth-order valence-corrected chi connectivity index (χ4v) is 1.39. The molecule has 0 bridgehead atoms. The Bertz CT molecular complexity index is 452. The lowest BCUT2D eigenvalue weighted by Gasteiger charge is -2.04. The zero-order valence-corrected chi connectivity index (χ0v) is 8.74. The van der Waals surface area contributed by atoms with E-state index in [0.717, 1.165) is 0 Å². The Hall–Kier alpha value is -1.60. The molecule has 0 aromatic heterocycles. The molecule has 0 saturated heterocycles. The van der Waals surface area contributed by atoms with Gasteiger partial charge in [-0.15, -0.1) is 0 Å². The second kappa shape index (κ2) is 4.28. The first-order valence-electron chi connectivity index (χ1n) is 3.96. The van der Waals surface area contributed by atoms with E-state index in [1.54, 1.807) is 0 Å². The fraction of sp³-hybridized carbons (Fsp3) is 0.125. The summed E-state index contributed by atoms with van der Waals surface area (Å²) in [5, 5.41) is 4.76. The minimum absolute atomic E-state index is 0.299. The zero-order chi connectivity index (χ0) is 11.5. The third-order valence-electron chi connectivity index (χ3n) is 1.38. The highest BCUT2D eigenvalue weighted by atomic mass is 32.2. The second-order valence-corrected chi connectivity index (χ2v) is 4.06. The number of anilines is 1. The molecule has 0 aliphatic carbocycles. The summed E-state index contributed by atoms with van der Waals surface area (Å²) < 4.78 is 28.1. The van der Waals surface area contributed by atoms with Crippen LogP contribution in [0.2, 0.25) is 0 Å². The van der Waals surface area contributed by atoms with Gasteiger partial charge >= 0.3 is 5.97 Å². The highest BCUT2D eigenvalue weighted by Crippen LogP contribution is 2.15.